The number of nitrogens with one attached hydrogen (secondary N) is 1. The number of hydrogen-bond donors (Lipinski definition) is 2. The highest BCUT2D eigenvalue weighted by molar-refractivity contribution is 5.69. The summed E-state index contributed by atoms with van der Waals surface area (Å²) in [5.74, 6) is 0.524. The third kappa shape index (κ3) is 6.22. The molecule has 0 saturated heterocycles. The highest BCUT2D eigenvalue weighted by Gasteiger charge is 2.07. The first kappa shape index (κ1) is 15.5. The van der Waals surface area contributed by atoms with E-state index in [2.05, 4.69) is 10.1 Å². The molecular weight excluding hydrogens is 246 g/mol. The molecule has 0 spiro atoms. The van der Waals surface area contributed by atoms with Gasteiger partial charge in [0.15, 0.2) is 0 Å². The molecule has 0 heterocycles. The molecule has 1 aromatic rings. The van der Waals surface area contributed by atoms with Crippen LogP contribution in [0.15, 0.2) is 24.3 Å². The number of aliphatic hydroxyl groups is 1. The first-order valence-electron chi connectivity index (χ1n) is 6.24. The largest absolute Gasteiger partial charge is 0.497 e. The number of carbonyl (C=O) groups is 1. The maximum atomic E-state index is 10.9. The number of aliphatic hydroxyl groups excluding tert-OH is 1. The Bertz CT molecular complexity index is 378. The Morgan fingerprint density at radius 3 is 2.58 bits per heavy atom. The molecule has 0 aliphatic heterocycles. The lowest BCUT2D eigenvalue weighted by Crippen LogP contribution is -2.27. The van der Waals surface area contributed by atoms with Crippen LogP contribution < -0.4 is 10.1 Å². The number of ether oxygens (including phenoxy) is 2. The third-order valence-electron chi connectivity index (χ3n) is 2.78. The molecule has 106 valence electrons. The van der Waals surface area contributed by atoms with Gasteiger partial charge in [-0.25, -0.2) is 0 Å². The fourth-order valence-corrected chi connectivity index (χ4v) is 1.62. The van der Waals surface area contributed by atoms with Gasteiger partial charge in [0, 0.05) is 19.5 Å². The normalized spacial score (nSPS) is 11.9. The number of rotatable bonds is 8. The molecule has 0 bridgehead atoms. The van der Waals surface area contributed by atoms with Crippen molar-refractivity contribution in [3.05, 3.63) is 29.8 Å². The Morgan fingerprint density at radius 1 is 1.32 bits per heavy atom. The molecule has 1 rings (SSSR count). The van der Waals surface area contributed by atoms with Crippen molar-refractivity contribution in [1.82, 2.24) is 5.32 Å². The van der Waals surface area contributed by atoms with Gasteiger partial charge in [-0.05, 0) is 24.1 Å². The van der Waals surface area contributed by atoms with Gasteiger partial charge in [0.05, 0.1) is 20.3 Å². The van der Waals surface area contributed by atoms with Gasteiger partial charge >= 0.3 is 5.97 Å². The van der Waals surface area contributed by atoms with Crippen LogP contribution in [0, 0.1) is 0 Å². The molecule has 0 radical (unpaired) electrons. The summed E-state index contributed by atoms with van der Waals surface area (Å²) in [6.45, 7) is 1.11. The quantitative estimate of drug-likeness (QED) is 0.690. The lowest BCUT2D eigenvalue weighted by atomic mass is 10.2. The molecule has 1 aromatic carbocycles. The molecular formula is C14H21NO4. The van der Waals surface area contributed by atoms with Crippen molar-refractivity contribution in [2.24, 2.45) is 0 Å². The monoisotopic (exact) mass is 267 g/mol. The Hall–Kier alpha value is -1.59. The summed E-state index contributed by atoms with van der Waals surface area (Å²) < 4.78 is 9.59. The van der Waals surface area contributed by atoms with E-state index in [9.17, 15) is 9.90 Å². The van der Waals surface area contributed by atoms with Crippen LogP contribution in [-0.4, -0.2) is 37.9 Å². The van der Waals surface area contributed by atoms with Gasteiger partial charge in [-0.15, -0.1) is 0 Å². The van der Waals surface area contributed by atoms with Crippen LogP contribution in [0.2, 0.25) is 0 Å². The number of carbonyl (C=O) groups excluding carboxylic acids is 1. The fraction of sp³-hybridized carbons (Fsp3) is 0.500. The molecule has 0 fully saturated rings. The van der Waals surface area contributed by atoms with Crippen LogP contribution in [0.25, 0.3) is 0 Å². The van der Waals surface area contributed by atoms with Crippen LogP contribution >= 0.6 is 0 Å². The van der Waals surface area contributed by atoms with Gasteiger partial charge in [0.2, 0.25) is 0 Å². The smallest absolute Gasteiger partial charge is 0.305 e. The zero-order chi connectivity index (χ0) is 14.1. The predicted octanol–water partition coefficient (Wildman–Crippen LogP) is 1.10. The van der Waals surface area contributed by atoms with Crippen molar-refractivity contribution in [2.45, 2.75) is 25.5 Å². The van der Waals surface area contributed by atoms with Crippen LogP contribution in [0.1, 0.15) is 18.4 Å². The van der Waals surface area contributed by atoms with Crippen molar-refractivity contribution in [3.63, 3.8) is 0 Å². The Balaban J connectivity index is 2.20. The van der Waals surface area contributed by atoms with Crippen LogP contribution in [-0.2, 0) is 16.1 Å². The van der Waals surface area contributed by atoms with E-state index in [-0.39, 0.29) is 12.4 Å². The maximum absolute atomic E-state index is 10.9. The molecule has 0 aliphatic rings. The van der Waals surface area contributed by atoms with E-state index in [0.29, 0.717) is 19.5 Å². The van der Waals surface area contributed by atoms with E-state index in [1.54, 1.807) is 7.11 Å². The highest BCUT2D eigenvalue weighted by atomic mass is 16.5. The minimum atomic E-state index is -0.544. The number of benzene rings is 1. The Labute approximate surface area is 113 Å². The van der Waals surface area contributed by atoms with Crippen LogP contribution in [0.3, 0.4) is 0 Å². The average Bonchev–Trinajstić information content (AvgIpc) is 2.45. The van der Waals surface area contributed by atoms with E-state index in [1.165, 1.54) is 7.11 Å². The van der Waals surface area contributed by atoms with Gasteiger partial charge in [-0.1, -0.05) is 12.1 Å². The van der Waals surface area contributed by atoms with E-state index in [4.69, 9.17) is 4.74 Å². The lowest BCUT2D eigenvalue weighted by Gasteiger charge is -2.11. The van der Waals surface area contributed by atoms with Gasteiger partial charge in [0.25, 0.3) is 0 Å². The van der Waals surface area contributed by atoms with Crippen LogP contribution in [0.4, 0.5) is 0 Å². The van der Waals surface area contributed by atoms with Gasteiger partial charge in [-0.2, -0.15) is 0 Å². The van der Waals surface area contributed by atoms with E-state index < -0.39 is 6.10 Å². The van der Waals surface area contributed by atoms with Gasteiger partial charge in [-0.3, -0.25) is 4.79 Å². The SMILES string of the molecule is COC(=O)CCC(O)CNCc1ccc(OC)cc1. The molecule has 5 nitrogen and oxygen atoms in total. The number of hydrogen-bond acceptors (Lipinski definition) is 5. The molecule has 5 heteroatoms. The molecule has 0 aromatic heterocycles. The van der Waals surface area contributed by atoms with Crippen molar-refractivity contribution in [2.75, 3.05) is 20.8 Å². The summed E-state index contributed by atoms with van der Waals surface area (Å²) >= 11 is 0. The van der Waals surface area contributed by atoms with Crippen molar-refractivity contribution >= 4 is 5.97 Å². The standard InChI is InChI=1S/C14H21NO4/c1-18-13-6-3-11(4-7-13)9-15-10-12(16)5-8-14(17)19-2/h3-4,6-7,12,15-16H,5,8-10H2,1-2H3. The molecule has 1 atom stereocenters. The molecule has 19 heavy (non-hydrogen) atoms. The third-order valence-corrected chi connectivity index (χ3v) is 2.78. The highest BCUT2D eigenvalue weighted by Crippen LogP contribution is 2.10. The summed E-state index contributed by atoms with van der Waals surface area (Å²) in [4.78, 5) is 10.9. The summed E-state index contributed by atoms with van der Waals surface area (Å²) in [5, 5.41) is 12.8. The van der Waals surface area contributed by atoms with Gasteiger partial charge < -0.3 is 19.9 Å². The summed E-state index contributed by atoms with van der Waals surface area (Å²) in [5.41, 5.74) is 1.11. The first-order chi connectivity index (χ1) is 9.15. The summed E-state index contributed by atoms with van der Waals surface area (Å²) in [6.07, 6.45) is 0.0989. The van der Waals surface area contributed by atoms with Gasteiger partial charge in [0.1, 0.15) is 5.75 Å². The predicted molar refractivity (Wildman–Crippen MR) is 72.0 cm³/mol. The molecule has 2 N–H and O–H groups in total. The number of esters is 1. The zero-order valence-corrected chi connectivity index (χ0v) is 11.4. The van der Waals surface area contributed by atoms with Crippen LogP contribution in [0.5, 0.6) is 5.75 Å². The second-order valence-corrected chi connectivity index (χ2v) is 4.25. The summed E-state index contributed by atoms with van der Waals surface area (Å²) in [7, 11) is 2.97. The van der Waals surface area contributed by atoms with E-state index >= 15 is 0 Å². The Kier molecular flexibility index (Phi) is 6.92. The van der Waals surface area contributed by atoms with Crippen molar-refractivity contribution < 1.29 is 19.4 Å². The molecule has 0 saturated carbocycles. The molecule has 0 aliphatic carbocycles. The summed E-state index contributed by atoms with van der Waals surface area (Å²) in [6, 6.07) is 7.72. The fourth-order valence-electron chi connectivity index (χ4n) is 1.62. The lowest BCUT2D eigenvalue weighted by molar-refractivity contribution is -0.141. The minimum Gasteiger partial charge on any atom is -0.497 e. The minimum absolute atomic E-state index is 0.238. The second-order valence-electron chi connectivity index (χ2n) is 4.25. The molecule has 0 amide bonds. The second kappa shape index (κ2) is 8.50. The molecule has 1 unspecified atom stereocenters. The maximum Gasteiger partial charge on any atom is 0.305 e. The van der Waals surface area contributed by atoms with E-state index in [1.807, 2.05) is 24.3 Å². The topological polar surface area (TPSA) is 67.8 Å². The Morgan fingerprint density at radius 2 is 2.00 bits per heavy atom. The zero-order valence-electron chi connectivity index (χ0n) is 11.4. The average molecular weight is 267 g/mol. The van der Waals surface area contributed by atoms with Crippen molar-refractivity contribution in [1.29, 1.82) is 0 Å². The number of methoxy groups -OCH3 is 2. The van der Waals surface area contributed by atoms with Crippen molar-refractivity contribution in [3.8, 4) is 5.75 Å². The van der Waals surface area contributed by atoms with E-state index in [0.717, 1.165) is 11.3 Å². The first-order valence-corrected chi connectivity index (χ1v) is 6.24.